The summed E-state index contributed by atoms with van der Waals surface area (Å²) in [5, 5.41) is 2.59. The van der Waals surface area contributed by atoms with E-state index in [9.17, 15) is 0 Å². The lowest BCUT2D eigenvalue weighted by Gasteiger charge is -2.39. The van der Waals surface area contributed by atoms with E-state index in [2.05, 4.69) is 159 Å². The van der Waals surface area contributed by atoms with Gasteiger partial charge in [0.25, 0.3) is 0 Å². The van der Waals surface area contributed by atoms with Crippen LogP contribution in [0, 0.1) is 0 Å². The van der Waals surface area contributed by atoms with E-state index in [0.29, 0.717) is 0 Å². The van der Waals surface area contributed by atoms with Crippen LogP contribution in [0.4, 0.5) is 0 Å². The number of para-hydroxylation sites is 1. The lowest BCUT2D eigenvalue weighted by molar-refractivity contribution is 0.436. The van der Waals surface area contributed by atoms with Crippen LogP contribution in [0.15, 0.2) is 146 Å². The first-order valence-electron chi connectivity index (χ1n) is 15.8. The Morgan fingerprint density at radius 2 is 0.911 bits per heavy atom. The summed E-state index contributed by atoms with van der Waals surface area (Å²) < 4.78 is 6.78. The first-order valence-corrected chi connectivity index (χ1v) is 15.8. The van der Waals surface area contributed by atoms with Crippen LogP contribution in [0.2, 0.25) is 0 Å². The van der Waals surface area contributed by atoms with Gasteiger partial charge in [-0.1, -0.05) is 129 Å². The summed E-state index contributed by atoms with van der Waals surface area (Å²) in [6.07, 6.45) is 0. The van der Waals surface area contributed by atoms with Gasteiger partial charge in [0.1, 0.15) is 11.5 Å². The Hall–Kier alpha value is -5.40. The molecular weight excluding hydrogens is 544 g/mol. The predicted octanol–water partition coefficient (Wildman–Crippen LogP) is 11.3. The summed E-state index contributed by atoms with van der Waals surface area (Å²) >= 11 is 0. The van der Waals surface area contributed by atoms with E-state index in [1.54, 1.807) is 0 Å². The second-order valence-electron chi connectivity index (χ2n) is 13.3. The first kappa shape index (κ1) is 25.0. The fraction of sp³-hybridized carbons (Fsp3) is 0.0909. The molecule has 1 heteroatoms. The summed E-state index contributed by atoms with van der Waals surface area (Å²) in [5.41, 5.74) is 15.0. The average molecular weight is 575 g/mol. The summed E-state index contributed by atoms with van der Waals surface area (Å²) in [5.74, 6) is 1.85. The van der Waals surface area contributed by atoms with Crippen LogP contribution in [-0.2, 0) is 10.8 Å². The molecule has 2 aliphatic carbocycles. The van der Waals surface area contributed by atoms with Crippen LogP contribution < -0.4 is 4.74 Å². The molecule has 0 amide bonds. The molecule has 0 radical (unpaired) electrons. The molecule has 10 rings (SSSR count). The zero-order valence-corrected chi connectivity index (χ0v) is 25.3. The smallest absolute Gasteiger partial charge is 0.132 e. The summed E-state index contributed by atoms with van der Waals surface area (Å²) in [6, 6.07) is 53.7. The third kappa shape index (κ3) is 3.13. The Bertz CT molecular complexity index is 2340. The third-order valence-corrected chi connectivity index (χ3v) is 10.7. The van der Waals surface area contributed by atoms with E-state index in [1.165, 1.54) is 77.5 Å². The first-order chi connectivity index (χ1) is 22.0. The molecule has 0 atom stereocenters. The second kappa shape index (κ2) is 8.61. The molecule has 1 heterocycles. The number of hydrogen-bond donors (Lipinski definition) is 0. The van der Waals surface area contributed by atoms with Crippen molar-refractivity contribution in [3.8, 4) is 44.9 Å². The highest BCUT2D eigenvalue weighted by Gasteiger charge is 2.51. The monoisotopic (exact) mass is 574 g/mol. The third-order valence-electron chi connectivity index (χ3n) is 10.7. The number of rotatable bonds is 1. The number of hydrogen-bond acceptors (Lipinski definition) is 1. The van der Waals surface area contributed by atoms with Crippen LogP contribution in [0.25, 0.3) is 44.2 Å². The minimum absolute atomic E-state index is 0.0876. The van der Waals surface area contributed by atoms with Crippen LogP contribution in [-0.4, -0.2) is 0 Å². The molecule has 0 aromatic heterocycles. The maximum atomic E-state index is 6.78. The number of ether oxygens (including phenoxy) is 1. The topological polar surface area (TPSA) is 9.23 Å². The Labute approximate surface area is 263 Å². The van der Waals surface area contributed by atoms with Gasteiger partial charge in [-0.25, -0.2) is 0 Å². The molecule has 0 bridgehead atoms. The highest BCUT2D eigenvalue weighted by Crippen LogP contribution is 2.62. The van der Waals surface area contributed by atoms with Gasteiger partial charge < -0.3 is 4.74 Å². The van der Waals surface area contributed by atoms with Gasteiger partial charge in [0.15, 0.2) is 0 Å². The van der Waals surface area contributed by atoms with Crippen molar-refractivity contribution < 1.29 is 4.74 Å². The molecule has 0 saturated heterocycles. The van der Waals surface area contributed by atoms with Gasteiger partial charge in [-0.05, 0) is 96.7 Å². The number of fused-ring (bicyclic) bond motifs is 13. The minimum Gasteiger partial charge on any atom is -0.457 e. The van der Waals surface area contributed by atoms with Crippen molar-refractivity contribution in [1.29, 1.82) is 0 Å². The van der Waals surface area contributed by atoms with Crippen molar-refractivity contribution >= 4 is 10.8 Å². The molecule has 1 aliphatic heterocycles. The fourth-order valence-electron chi connectivity index (χ4n) is 8.64. The van der Waals surface area contributed by atoms with Gasteiger partial charge in [0, 0.05) is 16.5 Å². The van der Waals surface area contributed by atoms with Crippen LogP contribution in [0.5, 0.6) is 11.5 Å². The Balaban J connectivity index is 1.17. The predicted molar refractivity (Wildman–Crippen MR) is 184 cm³/mol. The Kier molecular flexibility index (Phi) is 4.78. The molecule has 212 valence electrons. The lowest BCUT2D eigenvalue weighted by atomic mass is 9.66. The van der Waals surface area contributed by atoms with Crippen molar-refractivity contribution in [1.82, 2.24) is 0 Å². The van der Waals surface area contributed by atoms with Gasteiger partial charge in [-0.15, -0.1) is 0 Å². The largest absolute Gasteiger partial charge is 0.457 e. The summed E-state index contributed by atoms with van der Waals surface area (Å²) in [4.78, 5) is 0. The molecule has 0 N–H and O–H groups in total. The molecule has 3 aliphatic rings. The van der Waals surface area contributed by atoms with E-state index in [1.807, 2.05) is 0 Å². The van der Waals surface area contributed by atoms with Crippen LogP contribution >= 0.6 is 0 Å². The van der Waals surface area contributed by atoms with Gasteiger partial charge >= 0.3 is 0 Å². The highest BCUT2D eigenvalue weighted by molar-refractivity contribution is 5.94. The lowest BCUT2D eigenvalue weighted by Crippen LogP contribution is -2.32. The standard InChI is InChI=1S/C44H30O/c1-43(2)39-25-29(19-21-33(39)34-23-27-11-3-4-12-28(27)24-40(34)43)30-20-22-38-42(26-30)45-41-18-10-9-17-37(41)44(38)35-15-7-5-13-31(35)32-14-6-8-16-36(32)44/h3-26H,1-2H3. The SMILES string of the molecule is CC1(C)c2cc(-c3ccc4c(c3)Oc3ccccc3C43c4ccccc4-c4ccccc43)ccc2-c2cc3ccccc3cc21. The quantitative estimate of drug-likeness (QED) is 0.189. The molecule has 0 unspecified atom stereocenters. The van der Waals surface area contributed by atoms with E-state index >= 15 is 0 Å². The zero-order chi connectivity index (χ0) is 29.9. The van der Waals surface area contributed by atoms with Crippen molar-refractivity contribution in [2.75, 3.05) is 0 Å². The zero-order valence-electron chi connectivity index (χ0n) is 25.3. The van der Waals surface area contributed by atoms with Crippen LogP contribution in [0.1, 0.15) is 47.2 Å². The van der Waals surface area contributed by atoms with Crippen molar-refractivity contribution in [2.24, 2.45) is 0 Å². The molecule has 1 nitrogen and oxygen atoms in total. The molecule has 0 fully saturated rings. The van der Waals surface area contributed by atoms with Gasteiger partial charge in [0.2, 0.25) is 0 Å². The van der Waals surface area contributed by atoms with E-state index in [-0.39, 0.29) is 5.41 Å². The summed E-state index contributed by atoms with van der Waals surface area (Å²) in [7, 11) is 0. The van der Waals surface area contributed by atoms with E-state index in [4.69, 9.17) is 4.74 Å². The van der Waals surface area contributed by atoms with Gasteiger partial charge in [-0.3, -0.25) is 0 Å². The van der Waals surface area contributed by atoms with Gasteiger partial charge in [0.05, 0.1) is 5.41 Å². The van der Waals surface area contributed by atoms with Crippen molar-refractivity contribution in [2.45, 2.75) is 24.7 Å². The highest BCUT2D eigenvalue weighted by atomic mass is 16.5. The molecule has 7 aromatic carbocycles. The Morgan fingerprint density at radius 1 is 0.378 bits per heavy atom. The van der Waals surface area contributed by atoms with E-state index < -0.39 is 5.41 Å². The normalized spacial score (nSPS) is 15.4. The van der Waals surface area contributed by atoms with Crippen LogP contribution in [0.3, 0.4) is 0 Å². The second-order valence-corrected chi connectivity index (χ2v) is 13.3. The molecular formula is C44H30O. The molecule has 45 heavy (non-hydrogen) atoms. The summed E-state index contributed by atoms with van der Waals surface area (Å²) in [6.45, 7) is 4.73. The number of benzene rings is 7. The molecule has 7 aromatic rings. The van der Waals surface area contributed by atoms with Crippen molar-refractivity contribution in [3.05, 3.63) is 179 Å². The van der Waals surface area contributed by atoms with Crippen molar-refractivity contribution in [3.63, 3.8) is 0 Å². The van der Waals surface area contributed by atoms with E-state index in [0.717, 1.165) is 11.5 Å². The van der Waals surface area contributed by atoms with Gasteiger partial charge in [-0.2, -0.15) is 0 Å². The average Bonchev–Trinajstić information content (AvgIpc) is 3.49. The maximum absolute atomic E-state index is 6.78. The fourth-order valence-corrected chi connectivity index (χ4v) is 8.64. The maximum Gasteiger partial charge on any atom is 0.132 e. The Morgan fingerprint density at radius 3 is 1.67 bits per heavy atom. The minimum atomic E-state index is -0.431. The molecule has 1 spiro atoms. The molecule has 0 saturated carbocycles.